The molecule has 0 unspecified atom stereocenters. The van der Waals surface area contributed by atoms with E-state index >= 15 is 0 Å². The van der Waals surface area contributed by atoms with E-state index in [1.807, 2.05) is 12.1 Å². The largest absolute Gasteiger partial charge is 0.490 e. The lowest BCUT2D eigenvalue weighted by atomic mass is 9.92. The van der Waals surface area contributed by atoms with Crippen LogP contribution in [-0.4, -0.2) is 7.11 Å². The molecule has 5 rings (SSSR count). The first-order chi connectivity index (χ1) is 13.9. The molecule has 0 saturated heterocycles. The summed E-state index contributed by atoms with van der Waals surface area (Å²) in [7, 11) is 1.73. The van der Waals surface area contributed by atoms with Crippen molar-refractivity contribution < 1.29 is 9.14 Å². The smallest absolute Gasteiger partial charge is 0.261 e. The molecule has 0 aliphatic carbocycles. The fourth-order valence-corrected chi connectivity index (χ4v) is 4.03. The Balaban J connectivity index is 2.07. The minimum absolute atomic E-state index is 0.871. The summed E-state index contributed by atoms with van der Waals surface area (Å²) in [5, 5.41) is 2.40. The highest BCUT2D eigenvalue weighted by Gasteiger charge is 2.26. The minimum Gasteiger partial charge on any atom is -0.490 e. The van der Waals surface area contributed by atoms with Crippen molar-refractivity contribution in [2.24, 2.45) is 0 Å². The van der Waals surface area contributed by atoms with Crippen molar-refractivity contribution in [3.63, 3.8) is 0 Å². The Morgan fingerprint density at radius 3 is 1.89 bits per heavy atom. The number of methoxy groups -OCH3 is 1. The number of ether oxygens (including phenoxy) is 1. The Morgan fingerprint density at radius 1 is 0.607 bits per heavy atom. The van der Waals surface area contributed by atoms with Crippen LogP contribution in [-0.2, 0) is 0 Å². The summed E-state index contributed by atoms with van der Waals surface area (Å²) >= 11 is 0. The van der Waals surface area contributed by atoms with Crippen LogP contribution >= 0.6 is 0 Å². The van der Waals surface area contributed by atoms with Gasteiger partial charge >= 0.3 is 0 Å². The molecule has 2 nitrogen and oxygen atoms in total. The van der Waals surface area contributed by atoms with Crippen LogP contribution in [0.1, 0.15) is 0 Å². The molecule has 0 N–H and O–H groups in total. The van der Waals surface area contributed by atoms with Crippen LogP contribution < -0.4 is 9.14 Å². The van der Waals surface area contributed by atoms with E-state index in [1.54, 1.807) is 7.11 Å². The van der Waals surface area contributed by atoms with Crippen molar-refractivity contribution in [1.82, 2.24) is 0 Å². The van der Waals surface area contributed by atoms with Gasteiger partial charge in [0.05, 0.1) is 18.1 Å². The fraction of sp³-hybridized carbons (Fsp3) is 0.0385. The Kier molecular flexibility index (Phi) is 4.02. The second-order valence-corrected chi connectivity index (χ2v) is 6.80. The van der Waals surface area contributed by atoms with E-state index in [0.717, 1.165) is 11.3 Å². The Labute approximate surface area is 164 Å². The molecular formula is C26H20NO+. The molecule has 2 heteroatoms. The lowest BCUT2D eigenvalue weighted by molar-refractivity contribution is -0.498. The zero-order valence-corrected chi connectivity index (χ0v) is 15.7. The third-order valence-corrected chi connectivity index (χ3v) is 5.22. The highest BCUT2D eigenvalue weighted by Crippen LogP contribution is 2.38. The lowest BCUT2D eigenvalue weighted by Crippen LogP contribution is -2.26. The summed E-state index contributed by atoms with van der Waals surface area (Å²) in [6.07, 6.45) is 2.12. The van der Waals surface area contributed by atoms with Gasteiger partial charge in [-0.05, 0) is 29.8 Å². The number of nitrogens with zero attached hydrogens (tertiary/aromatic N) is 1. The number of pyridine rings is 2. The number of benzene rings is 3. The van der Waals surface area contributed by atoms with Gasteiger partial charge in [0.15, 0.2) is 11.9 Å². The number of aromatic nitrogens is 1. The van der Waals surface area contributed by atoms with Crippen LogP contribution in [0, 0.1) is 0 Å². The summed E-state index contributed by atoms with van der Waals surface area (Å²) in [5.74, 6) is 0.871. The van der Waals surface area contributed by atoms with Crippen molar-refractivity contribution in [3.8, 4) is 28.1 Å². The molecule has 0 saturated carbocycles. The molecule has 134 valence electrons. The molecule has 28 heavy (non-hydrogen) atoms. The summed E-state index contributed by atoms with van der Waals surface area (Å²) < 4.78 is 8.01. The van der Waals surface area contributed by atoms with Gasteiger partial charge in [0, 0.05) is 17.0 Å². The van der Waals surface area contributed by atoms with Crippen molar-refractivity contribution in [2.45, 2.75) is 0 Å². The van der Waals surface area contributed by atoms with Gasteiger partial charge in [-0.1, -0.05) is 66.7 Å². The zero-order chi connectivity index (χ0) is 18.9. The second kappa shape index (κ2) is 6.82. The molecule has 0 amide bonds. The first-order valence-electron chi connectivity index (χ1n) is 9.42. The number of hydrogen-bond acceptors (Lipinski definition) is 1. The molecule has 2 heterocycles. The number of rotatable bonds is 3. The predicted octanol–water partition coefficient (Wildman–Crippen LogP) is 5.92. The fourth-order valence-electron chi connectivity index (χ4n) is 4.03. The Hall–Kier alpha value is -3.65. The van der Waals surface area contributed by atoms with Gasteiger partial charge in [0.25, 0.3) is 5.52 Å². The SMILES string of the molecule is COc1ccc[n+]2c(-c3ccccc3)c(-c3ccccc3)c3ccccc3c12. The molecule has 0 bridgehead atoms. The van der Waals surface area contributed by atoms with E-state index in [-0.39, 0.29) is 0 Å². The van der Waals surface area contributed by atoms with Gasteiger partial charge in [0.1, 0.15) is 0 Å². The normalized spacial score (nSPS) is 11.0. The topological polar surface area (TPSA) is 13.3 Å². The zero-order valence-electron chi connectivity index (χ0n) is 15.7. The average molecular weight is 362 g/mol. The van der Waals surface area contributed by atoms with Crippen LogP contribution in [0.15, 0.2) is 103 Å². The summed E-state index contributed by atoms with van der Waals surface area (Å²) in [5.41, 5.74) is 5.86. The van der Waals surface area contributed by atoms with Crippen LogP contribution in [0.2, 0.25) is 0 Å². The van der Waals surface area contributed by atoms with Gasteiger partial charge in [-0.25, -0.2) is 0 Å². The Bertz CT molecular complexity index is 1280. The van der Waals surface area contributed by atoms with Gasteiger partial charge < -0.3 is 4.74 Å². The molecular weight excluding hydrogens is 342 g/mol. The van der Waals surface area contributed by atoms with Crippen molar-refractivity contribution in [3.05, 3.63) is 103 Å². The minimum atomic E-state index is 0.871. The number of hydrogen-bond donors (Lipinski definition) is 0. The summed E-state index contributed by atoms with van der Waals surface area (Å²) in [4.78, 5) is 0. The van der Waals surface area contributed by atoms with Crippen LogP contribution in [0.5, 0.6) is 5.75 Å². The third kappa shape index (κ3) is 2.54. The van der Waals surface area contributed by atoms with Gasteiger partial charge in [0.2, 0.25) is 5.69 Å². The lowest BCUT2D eigenvalue weighted by Gasteiger charge is -2.13. The van der Waals surface area contributed by atoms with Crippen LogP contribution in [0.25, 0.3) is 38.7 Å². The maximum Gasteiger partial charge on any atom is 0.261 e. The highest BCUT2D eigenvalue weighted by molar-refractivity contribution is 6.08. The van der Waals surface area contributed by atoms with Crippen molar-refractivity contribution in [1.29, 1.82) is 0 Å². The van der Waals surface area contributed by atoms with E-state index in [1.165, 1.54) is 33.2 Å². The summed E-state index contributed by atoms with van der Waals surface area (Å²) in [6.45, 7) is 0. The summed E-state index contributed by atoms with van der Waals surface area (Å²) in [6, 6.07) is 33.8. The molecule has 0 spiro atoms. The monoisotopic (exact) mass is 362 g/mol. The maximum atomic E-state index is 5.75. The predicted molar refractivity (Wildman–Crippen MR) is 115 cm³/mol. The van der Waals surface area contributed by atoms with E-state index < -0.39 is 0 Å². The van der Waals surface area contributed by atoms with Gasteiger partial charge in [-0.15, -0.1) is 0 Å². The van der Waals surface area contributed by atoms with Crippen LogP contribution in [0.4, 0.5) is 0 Å². The molecule has 5 aromatic rings. The Morgan fingerprint density at radius 2 is 1.21 bits per heavy atom. The molecule has 0 aliphatic rings. The molecule has 0 radical (unpaired) electrons. The quantitative estimate of drug-likeness (QED) is 0.287. The third-order valence-electron chi connectivity index (χ3n) is 5.22. The standard InChI is InChI=1S/C26H20NO/c1-28-23-17-10-18-27-25(20-13-6-3-7-14-20)24(19-11-4-2-5-12-19)21-15-8-9-16-22(21)26(23)27/h2-18H,1H3/q+1. The molecule has 3 aromatic carbocycles. The van der Waals surface area contributed by atoms with E-state index in [4.69, 9.17) is 4.74 Å². The number of fused-ring (bicyclic) bond motifs is 3. The van der Waals surface area contributed by atoms with Crippen molar-refractivity contribution in [2.75, 3.05) is 7.11 Å². The van der Waals surface area contributed by atoms with E-state index in [2.05, 4.69) is 95.5 Å². The molecule has 0 aliphatic heterocycles. The molecule has 0 fully saturated rings. The maximum absolute atomic E-state index is 5.75. The van der Waals surface area contributed by atoms with Gasteiger partial charge in [-0.2, -0.15) is 4.40 Å². The second-order valence-electron chi connectivity index (χ2n) is 6.80. The van der Waals surface area contributed by atoms with Crippen molar-refractivity contribution >= 4 is 16.3 Å². The van der Waals surface area contributed by atoms with Crippen LogP contribution in [0.3, 0.4) is 0 Å². The average Bonchev–Trinajstić information content (AvgIpc) is 2.78. The van der Waals surface area contributed by atoms with E-state index in [0.29, 0.717) is 0 Å². The van der Waals surface area contributed by atoms with E-state index in [9.17, 15) is 0 Å². The molecule has 0 atom stereocenters. The first-order valence-corrected chi connectivity index (χ1v) is 9.42. The first kappa shape index (κ1) is 16.5. The van der Waals surface area contributed by atoms with Gasteiger partial charge in [-0.3, -0.25) is 0 Å². The highest BCUT2D eigenvalue weighted by atomic mass is 16.5. The molecule has 2 aromatic heterocycles.